The Kier molecular flexibility index (Phi) is 3.91. The summed E-state index contributed by atoms with van der Waals surface area (Å²) in [5.41, 5.74) is 6.85. The molecule has 4 aromatic rings. The number of anilines is 3. The number of nitrogens with two attached hydrogens (primary N) is 1. The minimum Gasteiger partial charge on any atom is -0.436 e. The second-order valence-corrected chi connectivity index (χ2v) is 5.63. The van der Waals surface area contributed by atoms with Crippen LogP contribution in [0.25, 0.3) is 22.2 Å². The van der Waals surface area contributed by atoms with Gasteiger partial charge in [-0.3, -0.25) is 4.98 Å². The average Bonchev–Trinajstić information content (AvgIpc) is 2.93. The summed E-state index contributed by atoms with van der Waals surface area (Å²) < 4.78 is 58.9. The summed E-state index contributed by atoms with van der Waals surface area (Å²) >= 11 is 0. The summed E-state index contributed by atoms with van der Waals surface area (Å²) in [7, 11) is 0. The van der Waals surface area contributed by atoms with E-state index in [2.05, 4.69) is 15.3 Å². The number of nitrogens with zero attached hydrogens (tertiary/aromatic N) is 2. The fraction of sp³-hybridized carbons (Fsp3) is 0. The highest BCUT2D eigenvalue weighted by Crippen LogP contribution is 2.39. The van der Waals surface area contributed by atoms with E-state index in [-0.39, 0.29) is 34.1 Å². The van der Waals surface area contributed by atoms with Gasteiger partial charge in [0.25, 0.3) is 0 Å². The first-order chi connectivity index (χ1) is 12.9. The number of hydrogen-bond donors (Lipinski definition) is 2. The fourth-order valence-electron chi connectivity index (χ4n) is 2.70. The van der Waals surface area contributed by atoms with Gasteiger partial charge in [-0.15, -0.1) is 0 Å². The van der Waals surface area contributed by atoms with Gasteiger partial charge >= 0.3 is 0 Å². The van der Waals surface area contributed by atoms with E-state index < -0.39 is 23.5 Å². The predicted octanol–water partition coefficient (Wildman–Crippen LogP) is 4.77. The van der Waals surface area contributed by atoms with E-state index >= 15 is 0 Å². The first-order valence-electron chi connectivity index (χ1n) is 7.65. The molecule has 9 heteroatoms. The van der Waals surface area contributed by atoms with Crippen molar-refractivity contribution in [3.63, 3.8) is 0 Å². The van der Waals surface area contributed by atoms with Gasteiger partial charge in [0.05, 0.1) is 5.39 Å². The Hall–Kier alpha value is -3.62. The molecule has 3 N–H and O–H groups in total. The number of halogens is 4. The van der Waals surface area contributed by atoms with Crippen molar-refractivity contribution >= 4 is 28.2 Å². The zero-order valence-electron chi connectivity index (χ0n) is 13.4. The van der Waals surface area contributed by atoms with Crippen LogP contribution in [0.3, 0.4) is 0 Å². The van der Waals surface area contributed by atoms with Crippen molar-refractivity contribution in [2.45, 2.75) is 0 Å². The van der Waals surface area contributed by atoms with Crippen LogP contribution in [0.2, 0.25) is 0 Å². The minimum atomic E-state index is -1.03. The van der Waals surface area contributed by atoms with Crippen LogP contribution in [0.5, 0.6) is 0 Å². The van der Waals surface area contributed by atoms with E-state index in [1.54, 1.807) is 6.07 Å². The quantitative estimate of drug-likeness (QED) is 0.399. The zero-order valence-corrected chi connectivity index (χ0v) is 13.4. The largest absolute Gasteiger partial charge is 0.436 e. The topological polar surface area (TPSA) is 77.0 Å². The molecule has 0 saturated carbocycles. The molecule has 3 heterocycles. The number of nitrogens with one attached hydrogen (secondary N) is 1. The maximum Gasteiger partial charge on any atom is 0.216 e. The van der Waals surface area contributed by atoms with Crippen LogP contribution in [0.4, 0.5) is 34.8 Å². The maximum absolute atomic E-state index is 13.4. The summed E-state index contributed by atoms with van der Waals surface area (Å²) in [6.45, 7) is 0. The Balaban J connectivity index is 1.84. The molecule has 0 spiro atoms. The highest BCUT2D eigenvalue weighted by Gasteiger charge is 2.18. The molecule has 0 aliphatic carbocycles. The molecule has 136 valence electrons. The van der Waals surface area contributed by atoms with Crippen LogP contribution in [-0.4, -0.2) is 9.97 Å². The first-order valence-corrected chi connectivity index (χ1v) is 7.65. The second kappa shape index (κ2) is 6.27. The first kappa shape index (κ1) is 16.8. The number of fused-ring (bicyclic) bond motifs is 1. The molecule has 27 heavy (non-hydrogen) atoms. The number of rotatable bonds is 3. The van der Waals surface area contributed by atoms with Gasteiger partial charge in [-0.2, -0.15) is 13.8 Å². The normalized spacial score (nSPS) is 11.1. The molecule has 0 atom stereocenters. The van der Waals surface area contributed by atoms with Crippen molar-refractivity contribution in [1.82, 2.24) is 9.97 Å². The zero-order chi connectivity index (χ0) is 19.1. The van der Waals surface area contributed by atoms with E-state index in [9.17, 15) is 17.6 Å². The lowest BCUT2D eigenvalue weighted by molar-refractivity contribution is 0.509. The van der Waals surface area contributed by atoms with E-state index in [4.69, 9.17) is 10.2 Å². The highest BCUT2D eigenvalue weighted by atomic mass is 19.2. The fourth-order valence-corrected chi connectivity index (χ4v) is 2.70. The van der Waals surface area contributed by atoms with Crippen molar-refractivity contribution in [1.29, 1.82) is 0 Å². The number of pyridine rings is 2. The molecule has 3 aromatic heterocycles. The molecule has 5 nitrogen and oxygen atoms in total. The third-order valence-corrected chi connectivity index (χ3v) is 3.86. The molecule has 0 amide bonds. The molecular weight excluding hydrogens is 364 g/mol. The van der Waals surface area contributed by atoms with Gasteiger partial charge in [0.1, 0.15) is 11.4 Å². The third-order valence-electron chi connectivity index (χ3n) is 3.86. The monoisotopic (exact) mass is 374 g/mol. The molecule has 4 rings (SSSR count). The lowest BCUT2D eigenvalue weighted by Gasteiger charge is -2.06. The Morgan fingerprint density at radius 1 is 0.926 bits per heavy atom. The highest BCUT2D eigenvalue weighted by molar-refractivity contribution is 6.03. The molecular formula is C18H10F4N4O. The third kappa shape index (κ3) is 3.03. The molecule has 0 radical (unpaired) electrons. The lowest BCUT2D eigenvalue weighted by atomic mass is 10.1. The molecule has 0 aliphatic rings. The van der Waals surface area contributed by atoms with Crippen molar-refractivity contribution in [3.05, 3.63) is 66.1 Å². The van der Waals surface area contributed by atoms with Crippen LogP contribution in [0, 0.1) is 23.5 Å². The summed E-state index contributed by atoms with van der Waals surface area (Å²) in [6.07, 6.45) is 1.40. The van der Waals surface area contributed by atoms with Gasteiger partial charge in [-0.1, -0.05) is 0 Å². The average molecular weight is 374 g/mol. The standard InChI is InChI=1S/C18H10F4N4O/c19-11-2-1-9(7-12(11)20)25-16-10-3-4-24-15(17(10)27-18(16)23)8-5-13(21)26-14(22)6-8/h1-7,25H,23H2. The van der Waals surface area contributed by atoms with E-state index in [1.165, 1.54) is 12.3 Å². The van der Waals surface area contributed by atoms with Crippen LogP contribution in [0.1, 0.15) is 0 Å². The van der Waals surface area contributed by atoms with E-state index in [0.717, 1.165) is 24.3 Å². The van der Waals surface area contributed by atoms with Gasteiger partial charge in [0, 0.05) is 35.6 Å². The van der Waals surface area contributed by atoms with Crippen LogP contribution in [-0.2, 0) is 0 Å². The molecule has 0 saturated heterocycles. The van der Waals surface area contributed by atoms with Gasteiger partial charge < -0.3 is 15.5 Å². The van der Waals surface area contributed by atoms with Gasteiger partial charge in [0.15, 0.2) is 17.2 Å². The van der Waals surface area contributed by atoms with E-state index in [0.29, 0.717) is 5.39 Å². The smallest absolute Gasteiger partial charge is 0.216 e. The van der Waals surface area contributed by atoms with Crippen LogP contribution in [0.15, 0.2) is 47.0 Å². The van der Waals surface area contributed by atoms with Crippen LogP contribution < -0.4 is 11.1 Å². The van der Waals surface area contributed by atoms with Crippen molar-refractivity contribution in [2.75, 3.05) is 11.1 Å². The van der Waals surface area contributed by atoms with Gasteiger partial charge in [0.2, 0.25) is 17.8 Å². The molecule has 0 fully saturated rings. The number of nitrogen functional groups attached to an aromatic ring is 1. The molecule has 1 aromatic carbocycles. The number of aromatic nitrogens is 2. The SMILES string of the molecule is Nc1oc2c(-c3cc(F)nc(F)c3)nccc2c1Nc1ccc(F)c(F)c1. The Labute approximate surface area is 149 Å². The molecule has 0 bridgehead atoms. The predicted molar refractivity (Wildman–Crippen MR) is 91.2 cm³/mol. The maximum atomic E-state index is 13.4. The summed E-state index contributed by atoms with van der Waals surface area (Å²) in [4.78, 5) is 7.14. The summed E-state index contributed by atoms with van der Waals surface area (Å²) in [6, 6.07) is 6.83. The molecule has 0 unspecified atom stereocenters. The van der Waals surface area contributed by atoms with Crippen molar-refractivity contribution < 1.29 is 22.0 Å². The van der Waals surface area contributed by atoms with Gasteiger partial charge in [-0.25, -0.2) is 8.78 Å². The van der Waals surface area contributed by atoms with Crippen molar-refractivity contribution in [2.24, 2.45) is 0 Å². The number of furan rings is 1. The second-order valence-electron chi connectivity index (χ2n) is 5.63. The number of benzene rings is 1. The Morgan fingerprint density at radius 3 is 2.37 bits per heavy atom. The van der Waals surface area contributed by atoms with Crippen LogP contribution >= 0.6 is 0 Å². The summed E-state index contributed by atoms with van der Waals surface area (Å²) in [5, 5.41) is 3.30. The molecule has 0 aliphatic heterocycles. The Morgan fingerprint density at radius 2 is 1.67 bits per heavy atom. The Bertz CT molecular complexity index is 1160. The van der Waals surface area contributed by atoms with E-state index in [1.807, 2.05) is 0 Å². The van der Waals surface area contributed by atoms with Crippen molar-refractivity contribution in [3.8, 4) is 11.3 Å². The minimum absolute atomic E-state index is 0.0565. The lowest BCUT2D eigenvalue weighted by Crippen LogP contribution is -1.95. The van der Waals surface area contributed by atoms with Gasteiger partial charge in [-0.05, 0) is 18.2 Å². The number of hydrogen-bond acceptors (Lipinski definition) is 5. The summed E-state index contributed by atoms with van der Waals surface area (Å²) in [5.74, 6) is -4.10.